The molecule has 2 aromatic carbocycles. The summed E-state index contributed by atoms with van der Waals surface area (Å²) < 4.78 is 2.20. The summed E-state index contributed by atoms with van der Waals surface area (Å²) in [4.78, 5) is 8.82. The molecule has 0 spiro atoms. The zero-order valence-corrected chi connectivity index (χ0v) is 19.3. The Labute approximate surface area is 190 Å². The van der Waals surface area contributed by atoms with Crippen LogP contribution in [0.15, 0.2) is 78.0 Å². The summed E-state index contributed by atoms with van der Waals surface area (Å²) in [6.07, 6.45) is 6.91. The standard InChI is InChI=1S/C23H29N5.HI/c1-24-23(26-15-8-13-20-9-4-2-5-10-20)27-16-14-22-25-17-18-28(22)19-21-11-6-3-7-12-21;/h2-7,9-12,17-18H,8,13-16,19H2,1H3,(H2,24,26,27);1H. The van der Waals surface area contributed by atoms with Gasteiger partial charge in [0, 0.05) is 45.5 Å². The van der Waals surface area contributed by atoms with Gasteiger partial charge in [0.15, 0.2) is 5.96 Å². The first-order chi connectivity index (χ1) is 13.8. The highest BCUT2D eigenvalue weighted by molar-refractivity contribution is 14.0. The number of hydrogen-bond acceptors (Lipinski definition) is 2. The largest absolute Gasteiger partial charge is 0.356 e. The van der Waals surface area contributed by atoms with E-state index in [2.05, 4.69) is 79.8 Å². The minimum absolute atomic E-state index is 0. The van der Waals surface area contributed by atoms with Gasteiger partial charge in [-0.25, -0.2) is 4.98 Å². The minimum Gasteiger partial charge on any atom is -0.356 e. The Morgan fingerprint density at radius 2 is 1.55 bits per heavy atom. The molecule has 0 aliphatic carbocycles. The number of benzene rings is 2. The fraction of sp³-hybridized carbons (Fsp3) is 0.304. The lowest BCUT2D eigenvalue weighted by atomic mass is 10.1. The van der Waals surface area contributed by atoms with Crippen LogP contribution < -0.4 is 10.6 Å². The second kappa shape index (κ2) is 13.0. The monoisotopic (exact) mass is 503 g/mol. The molecule has 5 nitrogen and oxygen atoms in total. The predicted octanol–water partition coefficient (Wildman–Crippen LogP) is 3.89. The van der Waals surface area contributed by atoms with Gasteiger partial charge in [-0.3, -0.25) is 4.99 Å². The Morgan fingerprint density at radius 1 is 0.897 bits per heavy atom. The Morgan fingerprint density at radius 3 is 2.24 bits per heavy atom. The molecule has 0 saturated heterocycles. The molecule has 0 bridgehead atoms. The summed E-state index contributed by atoms with van der Waals surface area (Å²) in [7, 11) is 1.81. The molecule has 0 unspecified atom stereocenters. The van der Waals surface area contributed by atoms with Crippen molar-refractivity contribution in [1.29, 1.82) is 0 Å². The van der Waals surface area contributed by atoms with E-state index in [1.807, 2.05) is 25.5 Å². The Hall–Kier alpha value is -2.35. The third-order valence-electron chi connectivity index (χ3n) is 4.64. The van der Waals surface area contributed by atoms with Crippen molar-refractivity contribution >= 4 is 29.9 Å². The predicted molar refractivity (Wildman–Crippen MR) is 131 cm³/mol. The van der Waals surface area contributed by atoms with Crippen LogP contribution in [0.1, 0.15) is 23.4 Å². The molecule has 0 fully saturated rings. The van der Waals surface area contributed by atoms with Crippen molar-refractivity contribution in [3.63, 3.8) is 0 Å². The van der Waals surface area contributed by atoms with Crippen LogP contribution >= 0.6 is 24.0 Å². The van der Waals surface area contributed by atoms with Gasteiger partial charge in [0.25, 0.3) is 0 Å². The average Bonchev–Trinajstić information content (AvgIpc) is 3.18. The number of aromatic nitrogens is 2. The third kappa shape index (κ3) is 7.89. The van der Waals surface area contributed by atoms with Crippen LogP contribution in [0.2, 0.25) is 0 Å². The molecule has 0 aliphatic rings. The maximum atomic E-state index is 4.51. The zero-order valence-electron chi connectivity index (χ0n) is 16.9. The number of rotatable bonds is 9. The van der Waals surface area contributed by atoms with Crippen molar-refractivity contribution < 1.29 is 0 Å². The molecule has 29 heavy (non-hydrogen) atoms. The number of imidazole rings is 1. The second-order valence-corrected chi connectivity index (χ2v) is 6.72. The molecule has 6 heteroatoms. The third-order valence-corrected chi connectivity index (χ3v) is 4.64. The number of aliphatic imine (C=N–C) groups is 1. The fourth-order valence-electron chi connectivity index (χ4n) is 3.15. The van der Waals surface area contributed by atoms with E-state index in [1.54, 1.807) is 0 Å². The lowest BCUT2D eigenvalue weighted by Crippen LogP contribution is -2.39. The topological polar surface area (TPSA) is 54.2 Å². The molecule has 0 atom stereocenters. The van der Waals surface area contributed by atoms with Gasteiger partial charge in [-0.1, -0.05) is 60.7 Å². The summed E-state index contributed by atoms with van der Waals surface area (Å²) in [5.41, 5.74) is 2.66. The van der Waals surface area contributed by atoms with Gasteiger partial charge >= 0.3 is 0 Å². The molecular formula is C23H30IN5. The van der Waals surface area contributed by atoms with E-state index in [0.29, 0.717) is 0 Å². The maximum absolute atomic E-state index is 4.51. The molecular weight excluding hydrogens is 473 g/mol. The summed E-state index contributed by atoms with van der Waals surface area (Å²) >= 11 is 0. The van der Waals surface area contributed by atoms with E-state index in [0.717, 1.165) is 50.7 Å². The molecule has 2 N–H and O–H groups in total. The SMILES string of the molecule is CN=C(NCCCc1ccccc1)NCCc1nccn1Cc1ccccc1.I. The van der Waals surface area contributed by atoms with E-state index >= 15 is 0 Å². The average molecular weight is 503 g/mol. The normalized spacial score (nSPS) is 11.0. The summed E-state index contributed by atoms with van der Waals surface area (Å²) in [5, 5.41) is 6.77. The lowest BCUT2D eigenvalue weighted by molar-refractivity contribution is 0.689. The number of hydrogen-bond donors (Lipinski definition) is 2. The number of nitrogens with one attached hydrogen (secondary N) is 2. The molecule has 1 aromatic heterocycles. The van der Waals surface area contributed by atoms with Crippen molar-refractivity contribution in [2.45, 2.75) is 25.8 Å². The van der Waals surface area contributed by atoms with Gasteiger partial charge in [0.05, 0.1) is 0 Å². The van der Waals surface area contributed by atoms with Crippen molar-refractivity contribution in [1.82, 2.24) is 20.2 Å². The molecule has 0 saturated carbocycles. The summed E-state index contributed by atoms with van der Waals surface area (Å²) in [5.74, 6) is 1.92. The van der Waals surface area contributed by atoms with E-state index in [9.17, 15) is 0 Å². The quantitative estimate of drug-likeness (QED) is 0.202. The van der Waals surface area contributed by atoms with Gasteiger partial charge in [-0.15, -0.1) is 24.0 Å². The van der Waals surface area contributed by atoms with Crippen LogP contribution in [0.5, 0.6) is 0 Å². The van der Waals surface area contributed by atoms with Crippen LogP contribution in [-0.4, -0.2) is 35.6 Å². The summed E-state index contributed by atoms with van der Waals surface area (Å²) in [6.45, 7) is 2.55. The van der Waals surface area contributed by atoms with Gasteiger partial charge in [0.1, 0.15) is 5.82 Å². The van der Waals surface area contributed by atoms with Crippen LogP contribution in [0.4, 0.5) is 0 Å². The summed E-state index contributed by atoms with van der Waals surface area (Å²) in [6, 6.07) is 21.0. The second-order valence-electron chi connectivity index (χ2n) is 6.72. The number of aryl methyl sites for hydroxylation is 1. The maximum Gasteiger partial charge on any atom is 0.190 e. The van der Waals surface area contributed by atoms with Crippen molar-refractivity contribution in [2.24, 2.45) is 4.99 Å². The van der Waals surface area contributed by atoms with Gasteiger partial charge in [-0.2, -0.15) is 0 Å². The fourth-order valence-corrected chi connectivity index (χ4v) is 3.15. The van der Waals surface area contributed by atoms with E-state index < -0.39 is 0 Å². The highest BCUT2D eigenvalue weighted by atomic mass is 127. The molecule has 154 valence electrons. The molecule has 0 aliphatic heterocycles. The highest BCUT2D eigenvalue weighted by Gasteiger charge is 2.04. The Kier molecular flexibility index (Phi) is 10.3. The Balaban J connectivity index is 0.00000300. The van der Waals surface area contributed by atoms with Crippen LogP contribution in [0, 0.1) is 0 Å². The van der Waals surface area contributed by atoms with Gasteiger partial charge in [-0.05, 0) is 24.0 Å². The molecule has 0 radical (unpaired) electrons. The first-order valence-corrected chi connectivity index (χ1v) is 9.87. The van der Waals surface area contributed by atoms with Crippen molar-refractivity contribution in [3.8, 4) is 0 Å². The molecule has 3 rings (SSSR count). The highest BCUT2D eigenvalue weighted by Crippen LogP contribution is 2.06. The zero-order chi connectivity index (χ0) is 19.4. The number of nitrogens with zero attached hydrogens (tertiary/aromatic N) is 3. The molecule has 1 heterocycles. The first kappa shape index (κ1) is 22.9. The van der Waals surface area contributed by atoms with Crippen LogP contribution in [0.25, 0.3) is 0 Å². The van der Waals surface area contributed by atoms with E-state index in [-0.39, 0.29) is 24.0 Å². The lowest BCUT2D eigenvalue weighted by Gasteiger charge is -2.12. The van der Waals surface area contributed by atoms with Gasteiger partial charge in [0.2, 0.25) is 0 Å². The van der Waals surface area contributed by atoms with E-state index in [4.69, 9.17) is 0 Å². The molecule has 3 aromatic rings. The van der Waals surface area contributed by atoms with Gasteiger partial charge < -0.3 is 15.2 Å². The first-order valence-electron chi connectivity index (χ1n) is 9.87. The molecule has 0 amide bonds. The number of halogens is 1. The minimum atomic E-state index is 0. The Bertz CT molecular complexity index is 846. The van der Waals surface area contributed by atoms with Crippen molar-refractivity contribution in [2.75, 3.05) is 20.1 Å². The number of guanidine groups is 1. The smallest absolute Gasteiger partial charge is 0.190 e. The van der Waals surface area contributed by atoms with E-state index in [1.165, 1.54) is 11.1 Å². The van der Waals surface area contributed by atoms with Crippen LogP contribution in [-0.2, 0) is 19.4 Å². The van der Waals surface area contributed by atoms with Crippen LogP contribution in [0.3, 0.4) is 0 Å². The van der Waals surface area contributed by atoms with Crippen molar-refractivity contribution in [3.05, 3.63) is 90.0 Å².